The maximum atomic E-state index is 9.74. The summed E-state index contributed by atoms with van der Waals surface area (Å²) >= 11 is 0. The van der Waals surface area contributed by atoms with E-state index < -0.39 is 0 Å². The van der Waals surface area contributed by atoms with Gasteiger partial charge in [0.25, 0.3) is 0 Å². The van der Waals surface area contributed by atoms with Crippen LogP contribution >= 0.6 is 0 Å². The van der Waals surface area contributed by atoms with Gasteiger partial charge in [0.15, 0.2) is 0 Å². The first-order chi connectivity index (χ1) is 8.24. The summed E-state index contributed by atoms with van der Waals surface area (Å²) in [5.41, 5.74) is 1.19. The number of aliphatic hydroxyl groups excluding tert-OH is 1. The molecule has 17 heavy (non-hydrogen) atoms. The summed E-state index contributed by atoms with van der Waals surface area (Å²) in [4.78, 5) is 0. The molecule has 2 atom stereocenters. The smallest absolute Gasteiger partial charge is 0.126 e. The molecule has 1 aliphatic carbocycles. The Balaban J connectivity index is 2.24. The predicted molar refractivity (Wildman–Crippen MR) is 66.8 cm³/mol. The van der Waals surface area contributed by atoms with Gasteiger partial charge < -0.3 is 14.6 Å². The first-order valence-electron chi connectivity index (χ1n) is 6.14. The summed E-state index contributed by atoms with van der Waals surface area (Å²) in [6, 6.07) is 5.93. The molecule has 0 radical (unpaired) electrons. The Morgan fingerprint density at radius 1 is 1.18 bits per heavy atom. The molecule has 3 nitrogen and oxygen atoms in total. The fourth-order valence-electron chi connectivity index (χ4n) is 2.60. The summed E-state index contributed by atoms with van der Waals surface area (Å²) in [6.45, 7) is 0. The Morgan fingerprint density at radius 2 is 2.00 bits per heavy atom. The van der Waals surface area contributed by atoms with Crippen molar-refractivity contribution in [3.8, 4) is 11.5 Å². The largest absolute Gasteiger partial charge is 0.497 e. The van der Waals surface area contributed by atoms with Crippen LogP contribution in [0, 0.1) is 0 Å². The summed E-state index contributed by atoms with van der Waals surface area (Å²) in [5.74, 6) is 2.07. The van der Waals surface area contributed by atoms with Crippen LogP contribution in [0.2, 0.25) is 0 Å². The van der Waals surface area contributed by atoms with Gasteiger partial charge in [0.2, 0.25) is 0 Å². The number of ether oxygens (including phenoxy) is 2. The van der Waals surface area contributed by atoms with Gasteiger partial charge in [-0.05, 0) is 36.8 Å². The predicted octanol–water partition coefficient (Wildman–Crippen LogP) is 2.72. The molecular weight excluding hydrogens is 216 g/mol. The quantitative estimate of drug-likeness (QED) is 0.877. The van der Waals surface area contributed by atoms with Gasteiger partial charge in [0.1, 0.15) is 11.5 Å². The van der Waals surface area contributed by atoms with E-state index in [4.69, 9.17) is 9.47 Å². The Hall–Kier alpha value is -1.22. The molecule has 0 aliphatic heterocycles. The number of benzene rings is 1. The SMILES string of the molecule is COc1ccc(C2CCCC(O)C2)c(OC)c1. The minimum absolute atomic E-state index is 0.166. The van der Waals surface area contributed by atoms with E-state index in [0.29, 0.717) is 5.92 Å². The van der Waals surface area contributed by atoms with Crippen molar-refractivity contribution in [1.29, 1.82) is 0 Å². The summed E-state index contributed by atoms with van der Waals surface area (Å²) < 4.78 is 10.6. The highest BCUT2D eigenvalue weighted by Gasteiger charge is 2.24. The second kappa shape index (κ2) is 5.41. The monoisotopic (exact) mass is 236 g/mol. The number of hydrogen-bond donors (Lipinski definition) is 1. The van der Waals surface area contributed by atoms with Gasteiger partial charge in [-0.15, -0.1) is 0 Å². The molecule has 1 aromatic rings. The summed E-state index contributed by atoms with van der Waals surface area (Å²) in [5, 5.41) is 9.74. The van der Waals surface area contributed by atoms with Crippen molar-refractivity contribution in [2.75, 3.05) is 14.2 Å². The maximum Gasteiger partial charge on any atom is 0.126 e. The van der Waals surface area contributed by atoms with Crippen LogP contribution in [-0.2, 0) is 0 Å². The Kier molecular flexibility index (Phi) is 3.89. The molecule has 0 amide bonds. The third-order valence-electron chi connectivity index (χ3n) is 3.53. The molecule has 1 aliphatic rings. The van der Waals surface area contributed by atoms with Crippen molar-refractivity contribution >= 4 is 0 Å². The molecule has 1 fully saturated rings. The number of methoxy groups -OCH3 is 2. The molecule has 0 saturated heterocycles. The fourth-order valence-corrected chi connectivity index (χ4v) is 2.60. The van der Waals surface area contributed by atoms with E-state index in [1.807, 2.05) is 12.1 Å². The van der Waals surface area contributed by atoms with Crippen LogP contribution in [0.25, 0.3) is 0 Å². The maximum absolute atomic E-state index is 9.74. The van der Waals surface area contributed by atoms with Gasteiger partial charge in [-0.2, -0.15) is 0 Å². The van der Waals surface area contributed by atoms with Crippen molar-refractivity contribution < 1.29 is 14.6 Å². The van der Waals surface area contributed by atoms with Crippen LogP contribution in [0.5, 0.6) is 11.5 Å². The molecule has 0 spiro atoms. The molecule has 1 aromatic carbocycles. The molecule has 2 unspecified atom stereocenters. The normalized spacial score (nSPS) is 24.4. The van der Waals surface area contributed by atoms with Crippen LogP contribution in [0.4, 0.5) is 0 Å². The van der Waals surface area contributed by atoms with E-state index in [0.717, 1.165) is 37.2 Å². The Morgan fingerprint density at radius 3 is 2.65 bits per heavy atom. The molecule has 1 N–H and O–H groups in total. The highest BCUT2D eigenvalue weighted by molar-refractivity contribution is 5.42. The zero-order valence-electron chi connectivity index (χ0n) is 10.5. The van der Waals surface area contributed by atoms with E-state index in [9.17, 15) is 5.11 Å². The highest BCUT2D eigenvalue weighted by Crippen LogP contribution is 2.38. The van der Waals surface area contributed by atoms with Gasteiger partial charge in [-0.3, -0.25) is 0 Å². The van der Waals surface area contributed by atoms with Crippen molar-refractivity contribution in [1.82, 2.24) is 0 Å². The average molecular weight is 236 g/mol. The second-order valence-corrected chi connectivity index (χ2v) is 4.63. The van der Waals surface area contributed by atoms with Crippen molar-refractivity contribution in [2.24, 2.45) is 0 Å². The standard InChI is InChI=1S/C14H20O3/c1-16-12-6-7-13(14(9-12)17-2)10-4-3-5-11(15)8-10/h6-7,9-11,15H,3-5,8H2,1-2H3. The zero-order valence-corrected chi connectivity index (χ0v) is 10.5. The first-order valence-corrected chi connectivity index (χ1v) is 6.14. The number of hydrogen-bond acceptors (Lipinski definition) is 3. The van der Waals surface area contributed by atoms with Crippen molar-refractivity contribution in [3.05, 3.63) is 23.8 Å². The Bertz CT molecular complexity index is 376. The van der Waals surface area contributed by atoms with Crippen LogP contribution in [0.1, 0.15) is 37.2 Å². The fraction of sp³-hybridized carbons (Fsp3) is 0.571. The zero-order chi connectivity index (χ0) is 12.3. The molecule has 0 aromatic heterocycles. The molecule has 3 heteroatoms. The highest BCUT2D eigenvalue weighted by atomic mass is 16.5. The molecule has 1 saturated carbocycles. The van der Waals surface area contributed by atoms with Crippen molar-refractivity contribution in [2.45, 2.75) is 37.7 Å². The van der Waals surface area contributed by atoms with Gasteiger partial charge >= 0.3 is 0 Å². The van der Waals surface area contributed by atoms with Crippen LogP contribution in [0.15, 0.2) is 18.2 Å². The lowest BCUT2D eigenvalue weighted by molar-refractivity contribution is 0.119. The van der Waals surface area contributed by atoms with Gasteiger partial charge in [0, 0.05) is 6.07 Å². The van der Waals surface area contributed by atoms with E-state index in [2.05, 4.69) is 6.07 Å². The molecule has 2 rings (SSSR count). The average Bonchev–Trinajstić information content (AvgIpc) is 2.38. The number of rotatable bonds is 3. The lowest BCUT2D eigenvalue weighted by Gasteiger charge is -2.27. The van der Waals surface area contributed by atoms with E-state index >= 15 is 0 Å². The third kappa shape index (κ3) is 2.72. The molecule has 94 valence electrons. The molecule has 0 bridgehead atoms. The number of aliphatic hydroxyl groups is 1. The van der Waals surface area contributed by atoms with Crippen LogP contribution < -0.4 is 9.47 Å². The van der Waals surface area contributed by atoms with E-state index in [-0.39, 0.29) is 6.10 Å². The lowest BCUT2D eigenvalue weighted by atomic mass is 9.82. The van der Waals surface area contributed by atoms with Crippen LogP contribution in [0.3, 0.4) is 0 Å². The second-order valence-electron chi connectivity index (χ2n) is 4.63. The first kappa shape index (κ1) is 12.2. The minimum atomic E-state index is -0.166. The van der Waals surface area contributed by atoms with Gasteiger partial charge in [0.05, 0.1) is 20.3 Å². The summed E-state index contributed by atoms with van der Waals surface area (Å²) in [6.07, 6.45) is 3.80. The van der Waals surface area contributed by atoms with Crippen molar-refractivity contribution in [3.63, 3.8) is 0 Å². The minimum Gasteiger partial charge on any atom is -0.497 e. The van der Waals surface area contributed by atoms with E-state index in [1.54, 1.807) is 14.2 Å². The topological polar surface area (TPSA) is 38.7 Å². The van der Waals surface area contributed by atoms with Crippen LogP contribution in [-0.4, -0.2) is 25.4 Å². The van der Waals surface area contributed by atoms with Gasteiger partial charge in [-0.1, -0.05) is 12.5 Å². The Labute approximate surface area is 102 Å². The third-order valence-corrected chi connectivity index (χ3v) is 3.53. The lowest BCUT2D eigenvalue weighted by Crippen LogP contribution is -2.18. The summed E-state index contributed by atoms with van der Waals surface area (Å²) in [7, 11) is 3.33. The van der Waals surface area contributed by atoms with E-state index in [1.165, 1.54) is 5.56 Å². The molecule has 0 heterocycles. The molecular formula is C14H20O3. The van der Waals surface area contributed by atoms with Gasteiger partial charge in [-0.25, -0.2) is 0 Å².